The number of para-hydroxylation sites is 1. The van der Waals surface area contributed by atoms with Gasteiger partial charge in [0.2, 0.25) is 5.91 Å². The average molecular weight is 405 g/mol. The summed E-state index contributed by atoms with van der Waals surface area (Å²) in [6.07, 6.45) is 1.47. The van der Waals surface area contributed by atoms with Crippen LogP contribution in [0.4, 0.5) is 10.1 Å². The minimum Gasteiger partial charge on any atom is -0.338 e. The third kappa shape index (κ3) is 4.25. The molecule has 0 saturated carbocycles. The van der Waals surface area contributed by atoms with Crippen molar-refractivity contribution in [2.24, 2.45) is 5.92 Å². The number of hydrogen-bond donors (Lipinski definition) is 1. The number of hydrogen-bond acceptors (Lipinski definition) is 2. The van der Waals surface area contributed by atoms with Crippen molar-refractivity contribution in [2.75, 3.05) is 18.4 Å². The van der Waals surface area contributed by atoms with E-state index in [9.17, 15) is 14.0 Å². The van der Waals surface area contributed by atoms with Crippen LogP contribution >= 0.6 is 15.9 Å². The maximum absolute atomic E-state index is 13.5. The Hall–Kier alpha value is -2.21. The van der Waals surface area contributed by atoms with Gasteiger partial charge < -0.3 is 10.2 Å². The zero-order chi connectivity index (χ0) is 17.8. The predicted octanol–water partition coefficient (Wildman–Crippen LogP) is 4.08. The van der Waals surface area contributed by atoms with Crippen LogP contribution in [0, 0.1) is 11.7 Å². The third-order valence-electron chi connectivity index (χ3n) is 4.28. The van der Waals surface area contributed by atoms with Crippen LogP contribution in [0.3, 0.4) is 0 Å². The summed E-state index contributed by atoms with van der Waals surface area (Å²) in [6.45, 7) is 0.900. The normalized spacial score (nSPS) is 17.2. The van der Waals surface area contributed by atoms with Gasteiger partial charge in [0.1, 0.15) is 5.82 Å². The second kappa shape index (κ2) is 7.78. The number of amides is 2. The van der Waals surface area contributed by atoms with E-state index in [1.807, 2.05) is 30.3 Å². The van der Waals surface area contributed by atoms with Crippen molar-refractivity contribution < 1.29 is 14.0 Å². The lowest BCUT2D eigenvalue weighted by molar-refractivity contribution is -0.121. The van der Waals surface area contributed by atoms with E-state index in [2.05, 4.69) is 21.2 Å². The molecule has 3 rings (SSSR count). The molecule has 25 heavy (non-hydrogen) atoms. The first kappa shape index (κ1) is 17.6. The van der Waals surface area contributed by atoms with Crippen molar-refractivity contribution >= 4 is 33.4 Å². The van der Waals surface area contributed by atoms with Gasteiger partial charge in [-0.15, -0.1) is 0 Å². The molecule has 2 aromatic rings. The van der Waals surface area contributed by atoms with Crippen LogP contribution in [0.25, 0.3) is 0 Å². The molecule has 4 nitrogen and oxygen atoms in total. The van der Waals surface area contributed by atoms with Gasteiger partial charge in [0.25, 0.3) is 5.91 Å². The van der Waals surface area contributed by atoms with Crippen LogP contribution in [0.2, 0.25) is 0 Å². The average Bonchev–Trinajstić information content (AvgIpc) is 2.64. The van der Waals surface area contributed by atoms with Gasteiger partial charge in [-0.2, -0.15) is 0 Å². The third-order valence-corrected chi connectivity index (χ3v) is 4.97. The number of anilines is 1. The number of benzene rings is 2. The molecule has 130 valence electrons. The molecule has 6 heteroatoms. The highest BCUT2D eigenvalue weighted by molar-refractivity contribution is 9.10. The second-order valence-corrected chi connectivity index (χ2v) is 6.92. The lowest BCUT2D eigenvalue weighted by atomic mass is 9.96. The Morgan fingerprint density at radius 1 is 1.16 bits per heavy atom. The zero-order valence-electron chi connectivity index (χ0n) is 13.5. The Morgan fingerprint density at radius 3 is 2.68 bits per heavy atom. The molecular formula is C19H18BrFN2O2. The Labute approximate surface area is 154 Å². The molecule has 1 aliphatic heterocycles. The van der Waals surface area contributed by atoms with Gasteiger partial charge in [-0.05, 0) is 59.1 Å². The number of nitrogens with one attached hydrogen (secondary N) is 1. The van der Waals surface area contributed by atoms with Crippen molar-refractivity contribution in [2.45, 2.75) is 12.8 Å². The summed E-state index contributed by atoms with van der Waals surface area (Å²) in [5.74, 6) is -1.09. The topological polar surface area (TPSA) is 49.4 Å². The molecule has 0 spiro atoms. The van der Waals surface area contributed by atoms with E-state index in [4.69, 9.17) is 0 Å². The number of nitrogens with zero attached hydrogens (tertiary/aromatic N) is 1. The summed E-state index contributed by atoms with van der Waals surface area (Å²) >= 11 is 3.29. The Bertz CT molecular complexity index is 782. The van der Waals surface area contributed by atoms with Crippen molar-refractivity contribution in [1.29, 1.82) is 0 Å². The first-order valence-corrected chi connectivity index (χ1v) is 8.94. The van der Waals surface area contributed by atoms with Crippen LogP contribution < -0.4 is 5.32 Å². The fourth-order valence-electron chi connectivity index (χ4n) is 2.97. The first-order chi connectivity index (χ1) is 12.0. The van der Waals surface area contributed by atoms with Gasteiger partial charge in [-0.3, -0.25) is 9.59 Å². The monoisotopic (exact) mass is 404 g/mol. The molecule has 0 radical (unpaired) electrons. The Morgan fingerprint density at radius 2 is 1.92 bits per heavy atom. The molecule has 1 fully saturated rings. The van der Waals surface area contributed by atoms with E-state index in [0.29, 0.717) is 17.6 Å². The number of rotatable bonds is 3. The Kier molecular flexibility index (Phi) is 5.48. The molecule has 1 aliphatic rings. The lowest BCUT2D eigenvalue weighted by Gasteiger charge is -2.32. The highest BCUT2D eigenvalue weighted by Gasteiger charge is 2.29. The van der Waals surface area contributed by atoms with Gasteiger partial charge in [0.15, 0.2) is 0 Å². The zero-order valence-corrected chi connectivity index (χ0v) is 15.1. The number of carbonyl (C=O) groups excluding carboxylic acids is 2. The summed E-state index contributed by atoms with van der Waals surface area (Å²) in [6, 6.07) is 13.3. The second-order valence-electron chi connectivity index (χ2n) is 6.07. The summed E-state index contributed by atoms with van der Waals surface area (Å²) in [7, 11) is 0. The fraction of sp³-hybridized carbons (Fsp3) is 0.263. The molecule has 1 atom stereocenters. The number of likely N-dealkylation sites (tertiary alicyclic amines) is 1. The minimum absolute atomic E-state index is 0.0954. The van der Waals surface area contributed by atoms with E-state index < -0.39 is 5.82 Å². The quantitative estimate of drug-likeness (QED) is 0.837. The molecule has 1 heterocycles. The van der Waals surface area contributed by atoms with Crippen LogP contribution in [-0.2, 0) is 4.79 Å². The van der Waals surface area contributed by atoms with Gasteiger partial charge in [-0.1, -0.05) is 18.2 Å². The number of halogens is 2. The molecule has 1 N–H and O–H groups in total. The number of carbonyl (C=O) groups is 2. The van der Waals surface area contributed by atoms with Crippen LogP contribution in [-0.4, -0.2) is 29.8 Å². The van der Waals surface area contributed by atoms with Crippen molar-refractivity contribution in [3.63, 3.8) is 0 Å². The van der Waals surface area contributed by atoms with E-state index in [-0.39, 0.29) is 23.3 Å². The predicted molar refractivity (Wildman–Crippen MR) is 97.8 cm³/mol. The van der Waals surface area contributed by atoms with Crippen molar-refractivity contribution in [3.8, 4) is 0 Å². The molecule has 2 amide bonds. The number of piperidine rings is 1. The molecule has 1 saturated heterocycles. The summed E-state index contributed by atoms with van der Waals surface area (Å²) in [4.78, 5) is 26.8. The minimum atomic E-state index is -0.457. The van der Waals surface area contributed by atoms with Gasteiger partial charge >= 0.3 is 0 Å². The van der Waals surface area contributed by atoms with E-state index in [1.165, 1.54) is 18.2 Å². The molecule has 0 aromatic heterocycles. The molecule has 0 aliphatic carbocycles. The summed E-state index contributed by atoms with van der Waals surface area (Å²) in [5, 5.41) is 2.89. The maximum Gasteiger partial charge on any atom is 0.255 e. The fourth-order valence-corrected chi connectivity index (χ4v) is 3.39. The van der Waals surface area contributed by atoms with Gasteiger partial charge in [0, 0.05) is 23.2 Å². The maximum atomic E-state index is 13.5. The largest absolute Gasteiger partial charge is 0.338 e. The van der Waals surface area contributed by atoms with E-state index in [1.54, 1.807) is 4.90 Å². The smallest absolute Gasteiger partial charge is 0.255 e. The summed E-state index contributed by atoms with van der Waals surface area (Å²) in [5.41, 5.74) is 1.02. The van der Waals surface area contributed by atoms with Gasteiger partial charge in [-0.25, -0.2) is 4.39 Å². The molecule has 1 unspecified atom stereocenters. The Balaban J connectivity index is 1.69. The first-order valence-electron chi connectivity index (χ1n) is 8.15. The highest BCUT2D eigenvalue weighted by atomic mass is 79.9. The van der Waals surface area contributed by atoms with Crippen LogP contribution in [0.1, 0.15) is 23.2 Å². The SMILES string of the molecule is O=C(Nc1ccccc1)C1CCCN(C(=O)c2cc(F)ccc2Br)C1. The van der Waals surface area contributed by atoms with Gasteiger partial charge in [0.05, 0.1) is 11.5 Å². The molecule has 0 bridgehead atoms. The summed E-state index contributed by atoms with van der Waals surface area (Å²) < 4.78 is 14.0. The molecule has 2 aromatic carbocycles. The lowest BCUT2D eigenvalue weighted by Crippen LogP contribution is -2.43. The van der Waals surface area contributed by atoms with Crippen molar-refractivity contribution in [1.82, 2.24) is 4.90 Å². The van der Waals surface area contributed by atoms with Crippen molar-refractivity contribution in [3.05, 3.63) is 64.4 Å². The van der Waals surface area contributed by atoms with E-state index in [0.717, 1.165) is 18.5 Å². The molecular weight excluding hydrogens is 387 g/mol. The van der Waals surface area contributed by atoms with Crippen LogP contribution in [0.5, 0.6) is 0 Å². The standard InChI is InChI=1S/C19H18BrFN2O2/c20-17-9-8-14(21)11-16(17)19(25)23-10-4-5-13(12-23)18(24)22-15-6-2-1-3-7-15/h1-3,6-9,11,13H,4-5,10,12H2,(H,22,24). The van der Waals surface area contributed by atoms with E-state index >= 15 is 0 Å². The van der Waals surface area contributed by atoms with Crippen LogP contribution in [0.15, 0.2) is 53.0 Å². The highest BCUT2D eigenvalue weighted by Crippen LogP contribution is 2.24.